The van der Waals surface area contributed by atoms with Crippen molar-refractivity contribution >= 4 is 0 Å². The first-order chi connectivity index (χ1) is 9.24. The van der Waals surface area contributed by atoms with Crippen LogP contribution < -0.4 is 5.32 Å². The second-order valence-electron chi connectivity index (χ2n) is 7.11. The lowest BCUT2D eigenvalue weighted by Gasteiger charge is -2.30. The molecule has 1 aromatic carbocycles. The Labute approximate surface area is 124 Å². The summed E-state index contributed by atoms with van der Waals surface area (Å²) in [7, 11) is 0. The summed E-state index contributed by atoms with van der Waals surface area (Å²) in [5.74, 6) is 1.16. The Morgan fingerprint density at radius 3 is 1.95 bits per heavy atom. The molecule has 0 fully saturated rings. The maximum atomic E-state index is 10.2. The Hall–Kier alpha value is -0.860. The predicted octanol–water partition coefficient (Wildman–Crippen LogP) is 4.12. The van der Waals surface area contributed by atoms with Gasteiger partial charge in [-0.2, -0.15) is 0 Å². The summed E-state index contributed by atoms with van der Waals surface area (Å²) in [6, 6.07) is 8.30. The van der Waals surface area contributed by atoms with E-state index in [1.807, 2.05) is 12.1 Å². The van der Waals surface area contributed by atoms with E-state index < -0.39 is 6.10 Å². The van der Waals surface area contributed by atoms with Crippen molar-refractivity contribution < 1.29 is 5.11 Å². The number of aliphatic hydroxyl groups excluding tert-OH is 1. The van der Waals surface area contributed by atoms with Gasteiger partial charge in [0.2, 0.25) is 0 Å². The molecule has 1 unspecified atom stereocenters. The zero-order valence-electron chi connectivity index (χ0n) is 13.9. The summed E-state index contributed by atoms with van der Waals surface area (Å²) in [6.45, 7) is 14.9. The number of rotatable bonds is 7. The molecule has 0 aliphatic heterocycles. The van der Waals surface area contributed by atoms with Crippen molar-refractivity contribution in [2.24, 2.45) is 11.3 Å². The van der Waals surface area contributed by atoms with Crippen LogP contribution in [0.15, 0.2) is 24.3 Å². The number of nitrogens with one attached hydrogen (secondary N) is 1. The van der Waals surface area contributed by atoms with E-state index in [9.17, 15) is 5.11 Å². The lowest BCUT2D eigenvalue weighted by Crippen LogP contribution is -2.35. The van der Waals surface area contributed by atoms with Gasteiger partial charge in [-0.3, -0.25) is 0 Å². The molecule has 0 radical (unpaired) electrons. The molecule has 0 amide bonds. The maximum absolute atomic E-state index is 10.2. The van der Waals surface area contributed by atoms with Gasteiger partial charge >= 0.3 is 0 Å². The van der Waals surface area contributed by atoms with Crippen molar-refractivity contribution in [3.63, 3.8) is 0 Å². The van der Waals surface area contributed by atoms with Gasteiger partial charge in [0.05, 0.1) is 6.10 Å². The van der Waals surface area contributed by atoms with Crippen molar-refractivity contribution in [2.75, 3.05) is 13.1 Å². The maximum Gasteiger partial charge on any atom is 0.0914 e. The summed E-state index contributed by atoms with van der Waals surface area (Å²) >= 11 is 0. The monoisotopic (exact) mass is 277 g/mol. The van der Waals surface area contributed by atoms with Gasteiger partial charge in [0, 0.05) is 13.1 Å². The second-order valence-corrected chi connectivity index (χ2v) is 7.11. The molecule has 1 rings (SSSR count). The van der Waals surface area contributed by atoms with Crippen LogP contribution in [0.3, 0.4) is 0 Å². The van der Waals surface area contributed by atoms with E-state index in [0.717, 1.165) is 12.1 Å². The minimum Gasteiger partial charge on any atom is -0.387 e. The second kappa shape index (κ2) is 7.24. The fourth-order valence-corrected chi connectivity index (χ4v) is 1.96. The van der Waals surface area contributed by atoms with Crippen molar-refractivity contribution in [1.82, 2.24) is 5.32 Å². The fraction of sp³-hybridized carbons (Fsp3) is 0.667. The highest BCUT2D eigenvalue weighted by Gasteiger charge is 2.22. The minimum atomic E-state index is -0.431. The van der Waals surface area contributed by atoms with Crippen molar-refractivity contribution in [1.29, 1.82) is 0 Å². The van der Waals surface area contributed by atoms with Crippen LogP contribution in [0, 0.1) is 11.3 Å². The Kier molecular flexibility index (Phi) is 6.22. The largest absolute Gasteiger partial charge is 0.387 e. The number of aliphatic hydroxyl groups is 1. The van der Waals surface area contributed by atoms with Gasteiger partial charge in [-0.15, -0.1) is 0 Å². The van der Waals surface area contributed by atoms with Crippen LogP contribution in [0.4, 0.5) is 0 Å². The summed E-state index contributed by atoms with van der Waals surface area (Å²) < 4.78 is 0. The number of hydrogen-bond acceptors (Lipinski definition) is 2. The molecule has 0 aliphatic rings. The molecule has 0 saturated heterocycles. The van der Waals surface area contributed by atoms with E-state index in [2.05, 4.69) is 59.0 Å². The number of benzene rings is 1. The Morgan fingerprint density at radius 1 is 1.00 bits per heavy atom. The van der Waals surface area contributed by atoms with Crippen molar-refractivity contribution in [3.05, 3.63) is 35.4 Å². The first kappa shape index (κ1) is 17.2. The lowest BCUT2D eigenvalue weighted by atomic mass is 9.81. The molecule has 114 valence electrons. The van der Waals surface area contributed by atoms with Crippen LogP contribution >= 0.6 is 0 Å². The van der Waals surface area contributed by atoms with E-state index >= 15 is 0 Å². The molecule has 1 atom stereocenters. The standard InChI is InChI=1S/C18H31NO/c1-13(2)15-7-9-16(10-8-15)17(20)11-19-12-18(5,6)14(3)4/h7-10,13-14,17,19-20H,11-12H2,1-6H3. The third kappa shape index (κ3) is 4.92. The summed E-state index contributed by atoms with van der Waals surface area (Å²) in [5, 5.41) is 13.6. The molecule has 0 aromatic heterocycles. The van der Waals surface area contributed by atoms with Gasteiger partial charge < -0.3 is 10.4 Å². The minimum absolute atomic E-state index is 0.251. The van der Waals surface area contributed by atoms with E-state index in [1.54, 1.807) is 0 Å². The van der Waals surface area contributed by atoms with Gasteiger partial charge in [-0.1, -0.05) is 65.8 Å². The molecule has 0 saturated carbocycles. The molecule has 20 heavy (non-hydrogen) atoms. The molecule has 0 bridgehead atoms. The first-order valence-corrected chi connectivity index (χ1v) is 7.72. The summed E-state index contributed by atoms with van der Waals surface area (Å²) in [6.07, 6.45) is -0.431. The molecule has 1 aromatic rings. The Balaban J connectivity index is 2.49. The third-order valence-electron chi connectivity index (χ3n) is 4.47. The quantitative estimate of drug-likeness (QED) is 0.786. The summed E-state index contributed by atoms with van der Waals surface area (Å²) in [5.41, 5.74) is 2.56. The van der Waals surface area contributed by atoms with Gasteiger partial charge in [0.25, 0.3) is 0 Å². The van der Waals surface area contributed by atoms with Crippen molar-refractivity contribution in [3.8, 4) is 0 Å². The van der Waals surface area contributed by atoms with E-state index in [1.165, 1.54) is 5.56 Å². The SMILES string of the molecule is CC(C)c1ccc(C(O)CNCC(C)(C)C(C)C)cc1. The Bertz CT molecular complexity index is 392. The van der Waals surface area contributed by atoms with Crippen LogP contribution in [0.25, 0.3) is 0 Å². The third-order valence-corrected chi connectivity index (χ3v) is 4.47. The van der Waals surface area contributed by atoms with Gasteiger partial charge in [0.15, 0.2) is 0 Å². The topological polar surface area (TPSA) is 32.3 Å². The molecule has 2 nitrogen and oxygen atoms in total. The van der Waals surface area contributed by atoms with Crippen LogP contribution in [0.1, 0.15) is 64.7 Å². The summed E-state index contributed by atoms with van der Waals surface area (Å²) in [4.78, 5) is 0. The molecule has 0 heterocycles. The smallest absolute Gasteiger partial charge is 0.0914 e. The van der Waals surface area contributed by atoms with E-state index in [4.69, 9.17) is 0 Å². The molecular weight excluding hydrogens is 246 g/mol. The van der Waals surface area contributed by atoms with Gasteiger partial charge in [-0.05, 0) is 28.4 Å². The molecule has 2 N–H and O–H groups in total. The average molecular weight is 277 g/mol. The predicted molar refractivity (Wildman–Crippen MR) is 87.0 cm³/mol. The van der Waals surface area contributed by atoms with Crippen LogP contribution in [0.5, 0.6) is 0 Å². The highest BCUT2D eigenvalue weighted by molar-refractivity contribution is 5.26. The van der Waals surface area contributed by atoms with E-state index in [0.29, 0.717) is 18.4 Å². The zero-order chi connectivity index (χ0) is 15.3. The normalized spacial score (nSPS) is 14.1. The van der Waals surface area contributed by atoms with Crippen LogP contribution in [-0.2, 0) is 0 Å². The average Bonchev–Trinajstić information content (AvgIpc) is 2.38. The van der Waals surface area contributed by atoms with Crippen LogP contribution in [0.2, 0.25) is 0 Å². The molecule has 2 heteroatoms. The molecule has 0 aliphatic carbocycles. The Morgan fingerprint density at radius 2 is 1.50 bits per heavy atom. The molecular formula is C18H31NO. The van der Waals surface area contributed by atoms with Gasteiger partial charge in [-0.25, -0.2) is 0 Å². The van der Waals surface area contributed by atoms with Crippen molar-refractivity contribution in [2.45, 2.75) is 53.6 Å². The highest BCUT2D eigenvalue weighted by Crippen LogP contribution is 2.25. The first-order valence-electron chi connectivity index (χ1n) is 7.72. The van der Waals surface area contributed by atoms with Crippen LogP contribution in [-0.4, -0.2) is 18.2 Å². The molecule has 0 spiro atoms. The zero-order valence-corrected chi connectivity index (χ0v) is 13.9. The highest BCUT2D eigenvalue weighted by atomic mass is 16.3. The number of hydrogen-bond donors (Lipinski definition) is 2. The van der Waals surface area contributed by atoms with E-state index in [-0.39, 0.29) is 5.41 Å². The lowest BCUT2D eigenvalue weighted by molar-refractivity contribution is 0.160. The fourth-order valence-electron chi connectivity index (χ4n) is 1.96. The van der Waals surface area contributed by atoms with Gasteiger partial charge in [0.1, 0.15) is 0 Å².